The van der Waals surface area contributed by atoms with E-state index < -0.39 is 6.10 Å². The standard InChI is InChI=1S/C77H140O6/c1-4-7-10-13-16-19-22-25-28-29-30-31-32-33-34-35-36-37-38-39-40-41-42-43-44-45-46-47-50-52-55-58-61-64-67-70-76(79)82-73-74(83-77(80)71-68-65-62-59-56-53-49-27-24-21-18-15-12-9-6-3)72-81-75(78)69-66-63-60-57-54-51-48-26-23-20-17-14-11-8-5-2/h9,12,18,21,27,29-30,49,56,59,74H,4-8,10-11,13-17,19-20,22-26,28,31-48,50-55,57-58,60-73H2,1-3H3/b12-9-,21-18-,30-29-,49-27-,59-56-. The molecule has 0 heterocycles. The van der Waals surface area contributed by atoms with E-state index in [-0.39, 0.29) is 37.5 Å². The van der Waals surface area contributed by atoms with Crippen molar-refractivity contribution in [2.45, 2.75) is 399 Å². The minimum Gasteiger partial charge on any atom is -0.462 e. The van der Waals surface area contributed by atoms with E-state index >= 15 is 0 Å². The molecular weight excluding hydrogens is 1020 g/mol. The molecule has 0 rings (SSSR count). The fourth-order valence-corrected chi connectivity index (χ4v) is 11.0. The molecule has 1 unspecified atom stereocenters. The highest BCUT2D eigenvalue weighted by molar-refractivity contribution is 5.71. The van der Waals surface area contributed by atoms with Gasteiger partial charge >= 0.3 is 17.9 Å². The lowest BCUT2D eigenvalue weighted by atomic mass is 10.0. The summed E-state index contributed by atoms with van der Waals surface area (Å²) in [5.41, 5.74) is 0. The maximum Gasteiger partial charge on any atom is 0.306 e. The van der Waals surface area contributed by atoms with E-state index in [9.17, 15) is 14.4 Å². The number of rotatable bonds is 68. The molecule has 0 N–H and O–H groups in total. The Morgan fingerprint density at radius 3 is 0.771 bits per heavy atom. The molecule has 0 aliphatic rings. The van der Waals surface area contributed by atoms with Crippen molar-refractivity contribution < 1.29 is 28.6 Å². The second kappa shape index (κ2) is 71.6. The number of carbonyl (C=O) groups is 3. The summed E-state index contributed by atoms with van der Waals surface area (Å²) in [5, 5.41) is 0. The van der Waals surface area contributed by atoms with Crippen LogP contribution in [-0.4, -0.2) is 37.2 Å². The van der Waals surface area contributed by atoms with E-state index in [1.54, 1.807) is 0 Å². The summed E-state index contributed by atoms with van der Waals surface area (Å²) in [7, 11) is 0. The Balaban J connectivity index is 4.10. The zero-order chi connectivity index (χ0) is 59.9. The average Bonchev–Trinajstić information content (AvgIpc) is 3.50. The van der Waals surface area contributed by atoms with Crippen LogP contribution >= 0.6 is 0 Å². The second-order valence-corrected chi connectivity index (χ2v) is 24.8. The van der Waals surface area contributed by atoms with Crippen LogP contribution in [-0.2, 0) is 28.6 Å². The molecule has 1 atom stereocenters. The summed E-state index contributed by atoms with van der Waals surface area (Å²) in [5.74, 6) is -0.904. The molecule has 0 aromatic heterocycles. The largest absolute Gasteiger partial charge is 0.462 e. The molecule has 0 bridgehead atoms. The minimum absolute atomic E-state index is 0.0860. The van der Waals surface area contributed by atoms with Crippen LogP contribution in [0, 0.1) is 0 Å². The maximum absolute atomic E-state index is 12.9. The Bertz CT molecular complexity index is 1470. The molecule has 0 spiro atoms. The lowest BCUT2D eigenvalue weighted by Crippen LogP contribution is -2.30. The molecule has 6 heteroatoms. The van der Waals surface area contributed by atoms with Gasteiger partial charge in [-0.3, -0.25) is 14.4 Å². The van der Waals surface area contributed by atoms with Gasteiger partial charge in [-0.15, -0.1) is 0 Å². The van der Waals surface area contributed by atoms with Gasteiger partial charge in [0.1, 0.15) is 13.2 Å². The molecular formula is C77H140O6. The molecule has 0 aromatic rings. The van der Waals surface area contributed by atoms with Crippen molar-refractivity contribution >= 4 is 17.9 Å². The molecule has 0 saturated carbocycles. The van der Waals surface area contributed by atoms with Gasteiger partial charge in [0.25, 0.3) is 0 Å². The topological polar surface area (TPSA) is 78.9 Å². The highest BCUT2D eigenvalue weighted by atomic mass is 16.6. The summed E-state index contributed by atoms with van der Waals surface area (Å²) in [4.78, 5) is 38.4. The van der Waals surface area contributed by atoms with Crippen LogP contribution in [0.3, 0.4) is 0 Å². The van der Waals surface area contributed by atoms with E-state index in [1.165, 1.54) is 270 Å². The molecule has 83 heavy (non-hydrogen) atoms. The van der Waals surface area contributed by atoms with Crippen molar-refractivity contribution in [1.29, 1.82) is 0 Å². The van der Waals surface area contributed by atoms with Crippen LogP contribution in [0.1, 0.15) is 393 Å². The van der Waals surface area contributed by atoms with Crippen molar-refractivity contribution in [3.8, 4) is 0 Å². The van der Waals surface area contributed by atoms with Crippen LogP contribution < -0.4 is 0 Å². The fourth-order valence-electron chi connectivity index (χ4n) is 11.0. The van der Waals surface area contributed by atoms with Gasteiger partial charge in [-0.2, -0.15) is 0 Å². The van der Waals surface area contributed by atoms with Crippen LogP contribution in [0.15, 0.2) is 60.8 Å². The summed E-state index contributed by atoms with van der Waals surface area (Å²) in [6.07, 6.45) is 92.9. The number of allylic oxidation sites excluding steroid dienone is 10. The summed E-state index contributed by atoms with van der Waals surface area (Å²) in [6, 6.07) is 0. The monoisotopic (exact) mass is 1160 g/mol. The van der Waals surface area contributed by atoms with Gasteiger partial charge in [0, 0.05) is 19.3 Å². The molecule has 0 amide bonds. The third-order valence-electron chi connectivity index (χ3n) is 16.5. The Morgan fingerprint density at radius 1 is 0.253 bits per heavy atom. The van der Waals surface area contributed by atoms with Gasteiger partial charge < -0.3 is 14.2 Å². The number of ether oxygens (including phenoxy) is 3. The Hall–Kier alpha value is -2.89. The number of carbonyl (C=O) groups excluding carboxylic acids is 3. The summed E-state index contributed by atoms with van der Waals surface area (Å²) >= 11 is 0. The van der Waals surface area contributed by atoms with Crippen molar-refractivity contribution in [3.63, 3.8) is 0 Å². The third-order valence-corrected chi connectivity index (χ3v) is 16.5. The van der Waals surface area contributed by atoms with E-state index in [2.05, 4.69) is 81.5 Å². The zero-order valence-electron chi connectivity index (χ0n) is 55.7. The molecule has 484 valence electrons. The number of esters is 3. The Labute approximate surface area is 517 Å². The second-order valence-electron chi connectivity index (χ2n) is 24.8. The van der Waals surface area contributed by atoms with Gasteiger partial charge in [0.2, 0.25) is 0 Å². The lowest BCUT2D eigenvalue weighted by Gasteiger charge is -2.18. The molecule has 0 radical (unpaired) electrons. The highest BCUT2D eigenvalue weighted by Gasteiger charge is 2.19. The fraction of sp³-hybridized carbons (Fsp3) is 0.831. The number of unbranched alkanes of at least 4 members (excludes halogenated alkanes) is 47. The van der Waals surface area contributed by atoms with Crippen LogP contribution in [0.25, 0.3) is 0 Å². The molecule has 0 aliphatic heterocycles. The number of hydrogen-bond donors (Lipinski definition) is 0. The summed E-state index contributed by atoms with van der Waals surface area (Å²) in [6.45, 7) is 6.55. The lowest BCUT2D eigenvalue weighted by molar-refractivity contribution is -0.167. The van der Waals surface area contributed by atoms with Gasteiger partial charge in [0.15, 0.2) is 6.10 Å². The first kappa shape index (κ1) is 80.1. The van der Waals surface area contributed by atoms with Gasteiger partial charge in [-0.25, -0.2) is 0 Å². The molecule has 0 aliphatic carbocycles. The highest BCUT2D eigenvalue weighted by Crippen LogP contribution is 2.19. The quantitative estimate of drug-likeness (QED) is 0.0261. The molecule has 0 aromatic carbocycles. The first-order valence-corrected chi connectivity index (χ1v) is 36.8. The maximum atomic E-state index is 12.9. The van der Waals surface area contributed by atoms with Gasteiger partial charge in [-0.1, -0.05) is 351 Å². The summed E-state index contributed by atoms with van der Waals surface area (Å²) < 4.78 is 16.9. The van der Waals surface area contributed by atoms with E-state index in [0.29, 0.717) is 19.3 Å². The zero-order valence-corrected chi connectivity index (χ0v) is 55.7. The van der Waals surface area contributed by atoms with Crippen molar-refractivity contribution in [2.24, 2.45) is 0 Å². The molecule has 0 fully saturated rings. The van der Waals surface area contributed by atoms with Gasteiger partial charge in [0.05, 0.1) is 0 Å². The third kappa shape index (κ3) is 69.8. The van der Waals surface area contributed by atoms with Crippen molar-refractivity contribution in [2.75, 3.05) is 13.2 Å². The molecule has 6 nitrogen and oxygen atoms in total. The predicted octanol–water partition coefficient (Wildman–Crippen LogP) is 25.5. The Morgan fingerprint density at radius 2 is 0.470 bits per heavy atom. The Kier molecular flexibility index (Phi) is 69.1. The smallest absolute Gasteiger partial charge is 0.306 e. The first-order chi connectivity index (χ1) is 41.0. The van der Waals surface area contributed by atoms with E-state index in [1.807, 2.05) is 0 Å². The van der Waals surface area contributed by atoms with Crippen molar-refractivity contribution in [3.05, 3.63) is 60.8 Å². The van der Waals surface area contributed by atoms with E-state index in [0.717, 1.165) is 77.0 Å². The average molecular weight is 1160 g/mol. The van der Waals surface area contributed by atoms with Crippen LogP contribution in [0.4, 0.5) is 0 Å². The normalized spacial score (nSPS) is 12.4. The van der Waals surface area contributed by atoms with Crippen molar-refractivity contribution in [1.82, 2.24) is 0 Å². The predicted molar refractivity (Wildman–Crippen MR) is 362 cm³/mol. The minimum atomic E-state index is -0.794. The van der Waals surface area contributed by atoms with E-state index in [4.69, 9.17) is 14.2 Å². The van der Waals surface area contributed by atoms with Crippen LogP contribution in [0.5, 0.6) is 0 Å². The first-order valence-electron chi connectivity index (χ1n) is 36.8. The van der Waals surface area contributed by atoms with Gasteiger partial charge in [-0.05, 0) is 83.5 Å². The van der Waals surface area contributed by atoms with Crippen LogP contribution in [0.2, 0.25) is 0 Å². The SMILES string of the molecule is CC/C=C\C/C=C\C/C=C\C/C=C\CCCCC(=O)OC(COC(=O)CCCCCCCCCCCCCCCCC)COC(=O)CCCCCCCCCCCCCCCCCCCCCCCCC/C=C\CCCCCCCCCC. The molecule has 0 saturated heterocycles. The number of hydrogen-bond acceptors (Lipinski definition) is 6.